The SMILES string of the molecule is CC(C)CNCCC(C)(C)c1ccc(I)cc1. The highest BCUT2D eigenvalue weighted by molar-refractivity contribution is 14.1. The lowest BCUT2D eigenvalue weighted by Gasteiger charge is -2.25. The average Bonchev–Trinajstić information content (AvgIpc) is 2.25. The molecule has 0 fully saturated rings. The number of benzene rings is 1. The van der Waals surface area contributed by atoms with E-state index in [0.717, 1.165) is 19.0 Å². The molecule has 0 saturated carbocycles. The van der Waals surface area contributed by atoms with Gasteiger partial charge in [-0.15, -0.1) is 0 Å². The Labute approximate surface area is 120 Å². The second-order valence-corrected chi connectivity index (χ2v) is 6.98. The van der Waals surface area contributed by atoms with E-state index >= 15 is 0 Å². The molecule has 1 aromatic carbocycles. The first-order chi connectivity index (χ1) is 7.92. The zero-order valence-corrected chi connectivity index (χ0v) is 13.5. The molecule has 0 aliphatic heterocycles. The Morgan fingerprint density at radius 1 is 1.18 bits per heavy atom. The zero-order valence-electron chi connectivity index (χ0n) is 11.4. The normalized spacial score (nSPS) is 12.1. The van der Waals surface area contributed by atoms with Crippen molar-refractivity contribution in [3.63, 3.8) is 0 Å². The summed E-state index contributed by atoms with van der Waals surface area (Å²) in [6.07, 6.45) is 1.18. The van der Waals surface area contributed by atoms with Crippen LogP contribution in [0.1, 0.15) is 39.7 Å². The molecule has 1 nitrogen and oxygen atoms in total. The monoisotopic (exact) mass is 345 g/mol. The fourth-order valence-corrected chi connectivity index (χ4v) is 2.20. The molecule has 1 rings (SSSR count). The largest absolute Gasteiger partial charge is 0.316 e. The van der Waals surface area contributed by atoms with E-state index in [4.69, 9.17) is 0 Å². The number of rotatable bonds is 6. The minimum Gasteiger partial charge on any atom is -0.316 e. The molecule has 0 spiro atoms. The topological polar surface area (TPSA) is 12.0 Å². The van der Waals surface area contributed by atoms with E-state index in [1.54, 1.807) is 0 Å². The van der Waals surface area contributed by atoms with Crippen LogP contribution in [0.25, 0.3) is 0 Å². The Balaban J connectivity index is 2.47. The standard InChI is InChI=1S/C15H24IN/c1-12(2)11-17-10-9-15(3,4)13-5-7-14(16)8-6-13/h5-8,12,17H,9-11H2,1-4H3. The molecule has 0 atom stereocenters. The van der Waals surface area contributed by atoms with E-state index in [-0.39, 0.29) is 5.41 Å². The second-order valence-electron chi connectivity index (χ2n) is 5.74. The van der Waals surface area contributed by atoms with Gasteiger partial charge in [-0.3, -0.25) is 0 Å². The summed E-state index contributed by atoms with van der Waals surface area (Å²) in [6, 6.07) is 8.90. The minimum atomic E-state index is 0.258. The number of nitrogens with one attached hydrogen (secondary N) is 1. The van der Waals surface area contributed by atoms with Crippen molar-refractivity contribution in [2.75, 3.05) is 13.1 Å². The van der Waals surface area contributed by atoms with Gasteiger partial charge in [0.05, 0.1) is 0 Å². The van der Waals surface area contributed by atoms with Crippen LogP contribution in [0.2, 0.25) is 0 Å². The molecule has 0 unspecified atom stereocenters. The van der Waals surface area contributed by atoms with Gasteiger partial charge in [-0.25, -0.2) is 0 Å². The van der Waals surface area contributed by atoms with Crippen LogP contribution in [-0.2, 0) is 5.41 Å². The van der Waals surface area contributed by atoms with E-state index in [1.165, 1.54) is 15.6 Å². The van der Waals surface area contributed by atoms with Crippen molar-refractivity contribution < 1.29 is 0 Å². The highest BCUT2D eigenvalue weighted by Gasteiger charge is 2.19. The molecular formula is C15H24IN. The molecule has 0 heterocycles. The van der Waals surface area contributed by atoms with Crippen LogP contribution in [0.4, 0.5) is 0 Å². The van der Waals surface area contributed by atoms with E-state index in [0.29, 0.717) is 0 Å². The number of halogens is 1. The Bertz CT molecular complexity index is 327. The molecule has 0 radical (unpaired) electrons. The van der Waals surface area contributed by atoms with Crippen LogP contribution < -0.4 is 5.32 Å². The highest BCUT2D eigenvalue weighted by atomic mass is 127. The first-order valence-electron chi connectivity index (χ1n) is 6.38. The summed E-state index contributed by atoms with van der Waals surface area (Å²) in [6.45, 7) is 11.4. The predicted octanol–water partition coefficient (Wildman–Crippen LogP) is 4.20. The molecule has 1 N–H and O–H groups in total. The summed E-state index contributed by atoms with van der Waals surface area (Å²) in [5, 5.41) is 3.52. The van der Waals surface area contributed by atoms with Gasteiger partial charge in [0, 0.05) is 3.57 Å². The maximum absolute atomic E-state index is 3.52. The molecular weight excluding hydrogens is 321 g/mol. The molecule has 0 amide bonds. The number of hydrogen-bond donors (Lipinski definition) is 1. The average molecular weight is 345 g/mol. The van der Waals surface area contributed by atoms with Gasteiger partial charge in [0.15, 0.2) is 0 Å². The molecule has 0 saturated heterocycles. The summed E-state index contributed by atoms with van der Waals surface area (Å²) >= 11 is 2.35. The molecule has 17 heavy (non-hydrogen) atoms. The van der Waals surface area contributed by atoms with Crippen molar-refractivity contribution in [3.05, 3.63) is 33.4 Å². The van der Waals surface area contributed by atoms with Crippen LogP contribution >= 0.6 is 22.6 Å². The second kappa shape index (κ2) is 6.74. The van der Waals surface area contributed by atoms with Gasteiger partial charge in [-0.1, -0.05) is 39.8 Å². The lowest BCUT2D eigenvalue weighted by atomic mass is 9.81. The molecule has 1 aromatic rings. The third-order valence-electron chi connectivity index (χ3n) is 3.11. The molecule has 0 aliphatic carbocycles. The van der Waals surface area contributed by atoms with Crippen LogP contribution in [0, 0.1) is 9.49 Å². The first-order valence-corrected chi connectivity index (χ1v) is 7.46. The van der Waals surface area contributed by atoms with Crippen LogP contribution in [-0.4, -0.2) is 13.1 Å². The summed E-state index contributed by atoms with van der Waals surface area (Å²) < 4.78 is 1.31. The van der Waals surface area contributed by atoms with Gasteiger partial charge in [0.25, 0.3) is 0 Å². The van der Waals surface area contributed by atoms with Gasteiger partial charge in [-0.2, -0.15) is 0 Å². The molecule has 0 aliphatic rings. The molecule has 0 bridgehead atoms. The third kappa shape index (κ3) is 5.38. The Kier molecular flexibility index (Phi) is 5.93. The molecule has 0 aromatic heterocycles. The van der Waals surface area contributed by atoms with Crippen molar-refractivity contribution in [2.45, 2.75) is 39.5 Å². The van der Waals surface area contributed by atoms with Gasteiger partial charge in [0.1, 0.15) is 0 Å². The van der Waals surface area contributed by atoms with Crippen molar-refractivity contribution in [1.29, 1.82) is 0 Å². The van der Waals surface area contributed by atoms with E-state index in [9.17, 15) is 0 Å². The Morgan fingerprint density at radius 2 is 1.76 bits per heavy atom. The summed E-state index contributed by atoms with van der Waals surface area (Å²) in [4.78, 5) is 0. The van der Waals surface area contributed by atoms with Gasteiger partial charge in [0.2, 0.25) is 0 Å². The Morgan fingerprint density at radius 3 is 2.29 bits per heavy atom. The molecule has 2 heteroatoms. The highest BCUT2D eigenvalue weighted by Crippen LogP contribution is 2.26. The lowest BCUT2D eigenvalue weighted by molar-refractivity contribution is 0.442. The smallest absolute Gasteiger partial charge is 0.0130 e. The van der Waals surface area contributed by atoms with Gasteiger partial charge in [-0.05, 0) is 71.1 Å². The molecule has 96 valence electrons. The van der Waals surface area contributed by atoms with Crippen LogP contribution in [0.15, 0.2) is 24.3 Å². The van der Waals surface area contributed by atoms with Crippen LogP contribution in [0.3, 0.4) is 0 Å². The fraction of sp³-hybridized carbons (Fsp3) is 0.600. The first kappa shape index (κ1) is 15.0. The van der Waals surface area contributed by atoms with E-state index in [1.807, 2.05) is 0 Å². The van der Waals surface area contributed by atoms with Gasteiger partial charge < -0.3 is 5.32 Å². The van der Waals surface area contributed by atoms with Crippen molar-refractivity contribution in [2.24, 2.45) is 5.92 Å². The third-order valence-corrected chi connectivity index (χ3v) is 3.82. The maximum atomic E-state index is 3.52. The van der Waals surface area contributed by atoms with Crippen molar-refractivity contribution >= 4 is 22.6 Å². The summed E-state index contributed by atoms with van der Waals surface area (Å²) in [7, 11) is 0. The quantitative estimate of drug-likeness (QED) is 0.602. The van der Waals surface area contributed by atoms with Crippen molar-refractivity contribution in [3.8, 4) is 0 Å². The number of hydrogen-bond acceptors (Lipinski definition) is 1. The van der Waals surface area contributed by atoms with Crippen LogP contribution in [0.5, 0.6) is 0 Å². The summed E-state index contributed by atoms with van der Waals surface area (Å²) in [5.74, 6) is 0.733. The Hall–Kier alpha value is -0.0900. The maximum Gasteiger partial charge on any atom is 0.0130 e. The zero-order chi connectivity index (χ0) is 12.9. The van der Waals surface area contributed by atoms with Gasteiger partial charge >= 0.3 is 0 Å². The predicted molar refractivity (Wildman–Crippen MR) is 84.5 cm³/mol. The van der Waals surface area contributed by atoms with E-state index < -0.39 is 0 Å². The minimum absolute atomic E-state index is 0.258. The van der Waals surface area contributed by atoms with Crippen molar-refractivity contribution in [1.82, 2.24) is 5.32 Å². The fourth-order valence-electron chi connectivity index (χ4n) is 1.84. The van der Waals surface area contributed by atoms with E-state index in [2.05, 4.69) is 79.9 Å². The summed E-state index contributed by atoms with van der Waals surface area (Å²) in [5.41, 5.74) is 1.69. The lowest BCUT2D eigenvalue weighted by Crippen LogP contribution is -2.27.